The number of thioether (sulfide) groups is 1. The summed E-state index contributed by atoms with van der Waals surface area (Å²) in [5.74, 6) is 6.37. The lowest BCUT2D eigenvalue weighted by Gasteiger charge is -1.97. The maximum Gasteiger partial charge on any atom is 0.187 e. The predicted molar refractivity (Wildman–Crippen MR) is 74.6 cm³/mol. The summed E-state index contributed by atoms with van der Waals surface area (Å²) in [7, 11) is 0. The fourth-order valence-corrected chi connectivity index (χ4v) is 2.91. The average molecular weight is 276 g/mol. The average Bonchev–Trinajstić information content (AvgIpc) is 2.84. The summed E-state index contributed by atoms with van der Waals surface area (Å²) >= 11 is 3.27. The van der Waals surface area contributed by atoms with Gasteiger partial charge in [0.1, 0.15) is 6.61 Å². The van der Waals surface area contributed by atoms with E-state index < -0.39 is 0 Å². The van der Waals surface area contributed by atoms with Crippen LogP contribution in [0.25, 0.3) is 0 Å². The molecule has 0 aromatic carbocycles. The van der Waals surface area contributed by atoms with Crippen LogP contribution in [0, 0.1) is 18.8 Å². The first kappa shape index (κ1) is 13.1. The summed E-state index contributed by atoms with van der Waals surface area (Å²) in [5.41, 5.74) is 2.02. The van der Waals surface area contributed by atoms with E-state index in [1.807, 2.05) is 30.8 Å². The van der Waals surface area contributed by atoms with Crippen LogP contribution in [0.1, 0.15) is 16.0 Å². The van der Waals surface area contributed by atoms with E-state index in [0.29, 0.717) is 0 Å². The van der Waals surface area contributed by atoms with Crippen LogP contribution in [0.3, 0.4) is 0 Å². The van der Waals surface area contributed by atoms with Crippen molar-refractivity contribution in [3.63, 3.8) is 0 Å². The van der Waals surface area contributed by atoms with Gasteiger partial charge in [0, 0.05) is 34.0 Å². The quantitative estimate of drug-likeness (QED) is 0.531. The Bertz CT molecular complexity index is 567. The van der Waals surface area contributed by atoms with Gasteiger partial charge in [-0.3, -0.25) is 0 Å². The van der Waals surface area contributed by atoms with Gasteiger partial charge in [0.2, 0.25) is 0 Å². The third-order valence-corrected chi connectivity index (χ3v) is 4.11. The molecular weight excluding hydrogens is 264 g/mol. The van der Waals surface area contributed by atoms with E-state index in [1.54, 1.807) is 23.1 Å². The van der Waals surface area contributed by atoms with Gasteiger partial charge in [0.15, 0.2) is 5.16 Å². The van der Waals surface area contributed by atoms with E-state index in [4.69, 9.17) is 5.11 Å². The number of aromatic nitrogens is 2. The molecule has 0 atom stereocenters. The summed E-state index contributed by atoms with van der Waals surface area (Å²) in [5, 5.41) is 11.4. The summed E-state index contributed by atoms with van der Waals surface area (Å²) in [4.78, 5) is 9.72. The SMILES string of the molecule is Cc1cnc(SCc2cc(C#CCO)cs2)nc1. The lowest BCUT2D eigenvalue weighted by molar-refractivity contribution is 0.350. The molecule has 0 saturated heterocycles. The van der Waals surface area contributed by atoms with E-state index in [2.05, 4.69) is 21.8 Å². The minimum atomic E-state index is -0.100. The summed E-state index contributed by atoms with van der Waals surface area (Å²) in [6.45, 7) is 1.87. The van der Waals surface area contributed by atoms with Gasteiger partial charge in [0.25, 0.3) is 0 Å². The first-order valence-electron chi connectivity index (χ1n) is 5.36. The highest BCUT2D eigenvalue weighted by Gasteiger charge is 2.01. The number of aryl methyl sites for hydroxylation is 1. The van der Waals surface area contributed by atoms with Crippen molar-refractivity contribution in [3.05, 3.63) is 39.8 Å². The minimum absolute atomic E-state index is 0.100. The number of hydrogen-bond donors (Lipinski definition) is 1. The molecule has 0 amide bonds. The molecule has 0 aliphatic carbocycles. The Hall–Kier alpha value is -1.35. The Balaban J connectivity index is 1.94. The largest absolute Gasteiger partial charge is 0.384 e. The Morgan fingerprint density at radius 2 is 2.17 bits per heavy atom. The van der Waals surface area contributed by atoms with Crippen molar-refractivity contribution < 1.29 is 5.11 Å². The van der Waals surface area contributed by atoms with Crippen LogP contribution in [0.15, 0.2) is 29.0 Å². The highest BCUT2D eigenvalue weighted by Crippen LogP contribution is 2.23. The van der Waals surface area contributed by atoms with Crippen molar-refractivity contribution >= 4 is 23.1 Å². The molecule has 0 unspecified atom stereocenters. The molecule has 2 heterocycles. The van der Waals surface area contributed by atoms with Gasteiger partial charge in [-0.15, -0.1) is 11.3 Å². The molecule has 2 aromatic rings. The van der Waals surface area contributed by atoms with Gasteiger partial charge >= 0.3 is 0 Å². The second-order valence-corrected chi connectivity index (χ2v) is 5.53. The fourth-order valence-electron chi connectivity index (χ4n) is 1.25. The molecule has 3 nitrogen and oxygen atoms in total. The molecular formula is C13H12N2OS2. The summed E-state index contributed by atoms with van der Waals surface area (Å²) in [6.07, 6.45) is 3.64. The number of thiophene rings is 1. The van der Waals surface area contributed by atoms with Gasteiger partial charge in [-0.25, -0.2) is 9.97 Å². The second-order valence-electron chi connectivity index (χ2n) is 3.59. The second kappa shape index (κ2) is 6.55. The van der Waals surface area contributed by atoms with Crippen LogP contribution in [-0.4, -0.2) is 21.7 Å². The Kier molecular flexibility index (Phi) is 4.76. The lowest BCUT2D eigenvalue weighted by Crippen LogP contribution is -1.86. The zero-order valence-electron chi connectivity index (χ0n) is 9.88. The lowest BCUT2D eigenvalue weighted by atomic mass is 10.3. The molecule has 18 heavy (non-hydrogen) atoms. The Labute approximate surface area is 114 Å². The van der Waals surface area contributed by atoms with Crippen molar-refractivity contribution in [2.24, 2.45) is 0 Å². The number of rotatable bonds is 3. The number of aliphatic hydroxyl groups is 1. The highest BCUT2D eigenvalue weighted by atomic mass is 32.2. The van der Waals surface area contributed by atoms with Gasteiger partial charge in [-0.1, -0.05) is 23.6 Å². The van der Waals surface area contributed by atoms with Crippen LogP contribution >= 0.6 is 23.1 Å². The van der Waals surface area contributed by atoms with Crippen molar-refractivity contribution in [1.82, 2.24) is 9.97 Å². The third kappa shape index (κ3) is 3.84. The van der Waals surface area contributed by atoms with Crippen LogP contribution in [0.5, 0.6) is 0 Å². The molecule has 0 radical (unpaired) electrons. The van der Waals surface area contributed by atoms with Gasteiger partial charge in [-0.05, 0) is 18.6 Å². The fraction of sp³-hybridized carbons (Fsp3) is 0.231. The normalized spacial score (nSPS) is 9.89. The number of hydrogen-bond acceptors (Lipinski definition) is 5. The van der Waals surface area contributed by atoms with Crippen molar-refractivity contribution in [2.75, 3.05) is 6.61 Å². The molecule has 0 bridgehead atoms. The van der Waals surface area contributed by atoms with Crippen LogP contribution in [0.4, 0.5) is 0 Å². The van der Waals surface area contributed by atoms with Crippen molar-refractivity contribution in [3.8, 4) is 11.8 Å². The summed E-state index contributed by atoms with van der Waals surface area (Å²) < 4.78 is 0. The molecule has 0 aliphatic rings. The van der Waals surface area contributed by atoms with Gasteiger partial charge < -0.3 is 5.11 Å². The van der Waals surface area contributed by atoms with Crippen molar-refractivity contribution in [1.29, 1.82) is 0 Å². The molecule has 2 aromatic heterocycles. The standard InChI is InChI=1S/C13H12N2OS2/c1-10-6-14-13(15-7-10)18-9-12-5-11(8-17-12)3-2-4-16/h5-8,16H,4,9H2,1H3. The molecule has 0 saturated carbocycles. The van der Waals surface area contributed by atoms with E-state index in [0.717, 1.165) is 22.0 Å². The van der Waals surface area contributed by atoms with Gasteiger partial charge in [0.05, 0.1) is 0 Å². The number of nitrogens with zero attached hydrogens (tertiary/aromatic N) is 2. The molecule has 5 heteroatoms. The van der Waals surface area contributed by atoms with Crippen LogP contribution in [-0.2, 0) is 5.75 Å². The molecule has 0 spiro atoms. The topological polar surface area (TPSA) is 46.0 Å². The van der Waals surface area contributed by atoms with Crippen molar-refractivity contribution in [2.45, 2.75) is 17.8 Å². The number of aliphatic hydroxyl groups excluding tert-OH is 1. The maximum absolute atomic E-state index is 8.62. The first-order valence-corrected chi connectivity index (χ1v) is 7.23. The van der Waals surface area contributed by atoms with E-state index >= 15 is 0 Å². The zero-order chi connectivity index (χ0) is 12.8. The monoisotopic (exact) mass is 276 g/mol. The van der Waals surface area contributed by atoms with Crippen LogP contribution < -0.4 is 0 Å². The smallest absolute Gasteiger partial charge is 0.187 e. The Morgan fingerprint density at radius 1 is 1.39 bits per heavy atom. The molecule has 1 N–H and O–H groups in total. The van der Waals surface area contributed by atoms with E-state index in [1.165, 1.54) is 4.88 Å². The molecule has 0 fully saturated rings. The molecule has 0 aliphatic heterocycles. The molecule has 92 valence electrons. The zero-order valence-corrected chi connectivity index (χ0v) is 11.5. The summed E-state index contributed by atoms with van der Waals surface area (Å²) in [6, 6.07) is 2.04. The predicted octanol–water partition coefficient (Wildman–Crippen LogP) is 2.48. The molecule has 2 rings (SSSR count). The van der Waals surface area contributed by atoms with E-state index in [9.17, 15) is 0 Å². The van der Waals surface area contributed by atoms with E-state index in [-0.39, 0.29) is 6.61 Å². The van der Waals surface area contributed by atoms with Gasteiger partial charge in [-0.2, -0.15) is 0 Å². The first-order chi connectivity index (χ1) is 8.78. The maximum atomic E-state index is 8.62. The Morgan fingerprint density at radius 3 is 2.89 bits per heavy atom. The van der Waals surface area contributed by atoms with Crippen LogP contribution in [0.2, 0.25) is 0 Å². The third-order valence-electron chi connectivity index (χ3n) is 2.07. The minimum Gasteiger partial charge on any atom is -0.384 e. The highest BCUT2D eigenvalue weighted by molar-refractivity contribution is 7.98.